The third-order valence-corrected chi connectivity index (χ3v) is 13.3. The first-order chi connectivity index (χ1) is 33.2. The highest BCUT2D eigenvalue weighted by Gasteiger charge is 2.18. The lowest BCUT2D eigenvalue weighted by molar-refractivity contribution is 0.670. The number of benzene rings is 11. The van der Waals surface area contributed by atoms with Crippen molar-refractivity contribution in [3.63, 3.8) is 0 Å². The molecule has 2 aromatic heterocycles. The van der Waals surface area contributed by atoms with E-state index < -0.39 is 0 Å². The summed E-state index contributed by atoms with van der Waals surface area (Å²) in [5.74, 6) is 0. The van der Waals surface area contributed by atoms with Crippen LogP contribution in [0.3, 0.4) is 0 Å². The molecule has 0 unspecified atom stereocenters. The smallest absolute Gasteiger partial charge is 0.143 e. The Morgan fingerprint density at radius 3 is 1.33 bits per heavy atom. The van der Waals surface area contributed by atoms with E-state index in [0.29, 0.717) is 0 Å². The normalized spacial score (nSPS) is 11.6. The van der Waals surface area contributed by atoms with E-state index >= 15 is 0 Å². The summed E-state index contributed by atoms with van der Waals surface area (Å²) in [4.78, 5) is 10.3. The molecule has 0 amide bonds. The molecule has 0 radical (unpaired) electrons. The molecule has 0 saturated heterocycles. The molecule has 13 aromatic rings. The van der Waals surface area contributed by atoms with Crippen molar-refractivity contribution in [1.82, 2.24) is 9.97 Å². The summed E-state index contributed by atoms with van der Waals surface area (Å²) < 4.78 is 6.88. The molecule has 13 rings (SSSR count). The maximum atomic E-state index is 6.88. The van der Waals surface area contributed by atoms with E-state index in [1.165, 1.54) is 33.0 Å². The van der Waals surface area contributed by atoms with Crippen LogP contribution in [0.25, 0.3) is 133 Å². The number of hydrogen-bond acceptors (Lipinski definition) is 3. The van der Waals surface area contributed by atoms with Gasteiger partial charge in [-0.05, 0) is 114 Å². The second-order valence-corrected chi connectivity index (χ2v) is 17.3. The Hall–Kier alpha value is -8.92. The van der Waals surface area contributed by atoms with E-state index in [1.54, 1.807) is 0 Å². The number of nitrogens with zero attached hydrogens (tertiary/aromatic N) is 2. The van der Waals surface area contributed by atoms with E-state index in [4.69, 9.17) is 14.4 Å². The van der Waals surface area contributed by atoms with Crippen molar-refractivity contribution in [3.05, 3.63) is 243 Å². The summed E-state index contributed by atoms with van der Waals surface area (Å²) in [6, 6.07) is 84.5. The largest absolute Gasteiger partial charge is 0.455 e. The summed E-state index contributed by atoms with van der Waals surface area (Å²) in [7, 11) is 0. The van der Waals surface area contributed by atoms with Gasteiger partial charge in [0.2, 0.25) is 0 Å². The van der Waals surface area contributed by atoms with Gasteiger partial charge in [-0.3, -0.25) is 4.98 Å². The molecule has 0 aliphatic carbocycles. The molecule has 0 fully saturated rings. The fraction of sp³-hybridized carbons (Fsp3) is 0. The molecule has 2 heterocycles. The molecule has 0 aliphatic heterocycles. The van der Waals surface area contributed by atoms with Gasteiger partial charge in [0.05, 0.1) is 22.9 Å². The van der Waals surface area contributed by atoms with Crippen molar-refractivity contribution in [2.75, 3.05) is 0 Å². The van der Waals surface area contributed by atoms with E-state index in [1.807, 2.05) is 6.20 Å². The quantitative estimate of drug-likeness (QED) is 0.150. The maximum absolute atomic E-state index is 6.88. The van der Waals surface area contributed by atoms with Gasteiger partial charge in [0, 0.05) is 32.7 Å². The Balaban J connectivity index is 0.915. The Labute approximate surface area is 387 Å². The van der Waals surface area contributed by atoms with Gasteiger partial charge in [0.15, 0.2) is 0 Å². The summed E-state index contributed by atoms with van der Waals surface area (Å²) in [6.45, 7) is 0. The molecule has 3 heteroatoms. The first-order valence-corrected chi connectivity index (χ1v) is 22.8. The molecule has 3 nitrogen and oxygen atoms in total. The zero-order valence-corrected chi connectivity index (χ0v) is 36.4. The minimum atomic E-state index is 0.848. The minimum absolute atomic E-state index is 0.848. The Morgan fingerprint density at radius 1 is 0.269 bits per heavy atom. The predicted molar refractivity (Wildman–Crippen MR) is 280 cm³/mol. The highest BCUT2D eigenvalue weighted by Crippen LogP contribution is 2.43. The zero-order chi connectivity index (χ0) is 44.3. The Kier molecular flexibility index (Phi) is 9.17. The van der Waals surface area contributed by atoms with Gasteiger partial charge in [-0.15, -0.1) is 0 Å². The van der Waals surface area contributed by atoms with Crippen LogP contribution in [0, 0.1) is 0 Å². The number of furan rings is 1. The average molecular weight is 853 g/mol. The van der Waals surface area contributed by atoms with Crippen molar-refractivity contribution in [2.24, 2.45) is 0 Å². The summed E-state index contributed by atoms with van der Waals surface area (Å²) in [5.41, 5.74) is 19.2. The van der Waals surface area contributed by atoms with Gasteiger partial charge in [0.1, 0.15) is 11.2 Å². The lowest BCUT2D eigenvalue weighted by Crippen LogP contribution is -1.92. The van der Waals surface area contributed by atoms with Crippen molar-refractivity contribution >= 4 is 54.5 Å². The second kappa shape index (κ2) is 16.0. The second-order valence-electron chi connectivity index (χ2n) is 17.3. The van der Waals surface area contributed by atoms with E-state index in [9.17, 15) is 0 Å². The predicted octanol–water partition coefficient (Wildman–Crippen LogP) is 17.5. The molecule has 0 atom stereocenters. The van der Waals surface area contributed by atoms with Crippen LogP contribution >= 0.6 is 0 Å². The summed E-state index contributed by atoms with van der Waals surface area (Å²) in [6.07, 6.45) is 1.91. The first-order valence-electron chi connectivity index (χ1n) is 22.8. The summed E-state index contributed by atoms with van der Waals surface area (Å²) in [5, 5.41) is 6.78. The topological polar surface area (TPSA) is 38.9 Å². The standard InChI is InChI=1S/C64H40N2O/c1-3-14-41(15-4-1)45-18-11-21-48(34-45)50-32-33-61-58(37-50)59-39-52(49-22-12-19-46(35-49)42-16-5-2-6-17-42)38-57(64(59)67-61)51-23-13-20-47(36-51)43-28-30-44(31-29-43)60-40-65-62-55-26-9-7-24-53(55)54-25-8-10-27-56(54)63(62)66-60/h1-40H. The van der Waals surface area contributed by atoms with E-state index in [-0.39, 0.29) is 0 Å². The third kappa shape index (κ3) is 6.84. The van der Waals surface area contributed by atoms with Gasteiger partial charge in [-0.1, -0.05) is 194 Å². The van der Waals surface area contributed by atoms with Crippen LogP contribution in [0.4, 0.5) is 0 Å². The highest BCUT2D eigenvalue weighted by molar-refractivity contribution is 6.23. The van der Waals surface area contributed by atoms with Crippen molar-refractivity contribution in [3.8, 4) is 78.0 Å². The Bertz CT molecular complexity index is 3990. The molecule has 67 heavy (non-hydrogen) atoms. The fourth-order valence-corrected chi connectivity index (χ4v) is 9.92. The van der Waals surface area contributed by atoms with Crippen molar-refractivity contribution in [1.29, 1.82) is 0 Å². The molecule has 0 N–H and O–H groups in total. The molecule has 0 spiro atoms. The van der Waals surface area contributed by atoms with Gasteiger partial charge >= 0.3 is 0 Å². The van der Waals surface area contributed by atoms with Gasteiger partial charge < -0.3 is 4.42 Å². The number of fused-ring (bicyclic) bond motifs is 9. The lowest BCUT2D eigenvalue weighted by atomic mass is 9.92. The summed E-state index contributed by atoms with van der Waals surface area (Å²) >= 11 is 0. The zero-order valence-electron chi connectivity index (χ0n) is 36.4. The SMILES string of the molecule is c1ccc(-c2cccc(-c3ccc4oc5c(-c6cccc(-c7ccc(-c8cnc9c%10ccccc%10c%10ccccc%10c9n8)cc7)c6)cc(-c6cccc(-c7ccccc7)c6)cc5c4c3)c2)cc1. The van der Waals surface area contributed by atoms with Gasteiger partial charge in [0.25, 0.3) is 0 Å². The van der Waals surface area contributed by atoms with Crippen molar-refractivity contribution in [2.45, 2.75) is 0 Å². The van der Waals surface area contributed by atoms with Crippen LogP contribution in [0.5, 0.6) is 0 Å². The first kappa shape index (κ1) is 38.5. The van der Waals surface area contributed by atoms with Gasteiger partial charge in [-0.25, -0.2) is 4.98 Å². The molecular weight excluding hydrogens is 813 g/mol. The Morgan fingerprint density at radius 2 is 0.701 bits per heavy atom. The highest BCUT2D eigenvalue weighted by atomic mass is 16.3. The number of aromatic nitrogens is 2. The van der Waals surface area contributed by atoms with Crippen molar-refractivity contribution < 1.29 is 4.42 Å². The number of hydrogen-bond donors (Lipinski definition) is 0. The molecule has 312 valence electrons. The molecular formula is C64H40N2O. The minimum Gasteiger partial charge on any atom is -0.455 e. The van der Waals surface area contributed by atoms with Crippen LogP contribution in [-0.2, 0) is 0 Å². The van der Waals surface area contributed by atoms with Crippen LogP contribution in [-0.4, -0.2) is 9.97 Å². The van der Waals surface area contributed by atoms with Gasteiger partial charge in [-0.2, -0.15) is 0 Å². The van der Waals surface area contributed by atoms with Crippen LogP contribution in [0.15, 0.2) is 247 Å². The third-order valence-electron chi connectivity index (χ3n) is 13.3. The number of rotatable bonds is 7. The van der Waals surface area contributed by atoms with E-state index in [2.05, 4.69) is 237 Å². The average Bonchev–Trinajstić information content (AvgIpc) is 3.79. The molecule has 11 aromatic carbocycles. The monoisotopic (exact) mass is 852 g/mol. The van der Waals surface area contributed by atoms with E-state index in [0.717, 1.165) is 99.5 Å². The maximum Gasteiger partial charge on any atom is 0.143 e. The van der Waals surface area contributed by atoms with Crippen LogP contribution in [0.2, 0.25) is 0 Å². The fourth-order valence-electron chi connectivity index (χ4n) is 9.92. The van der Waals surface area contributed by atoms with Crippen LogP contribution in [0.1, 0.15) is 0 Å². The lowest BCUT2D eigenvalue weighted by Gasteiger charge is -2.12. The molecule has 0 aliphatic rings. The molecule has 0 saturated carbocycles. The molecule has 0 bridgehead atoms. The van der Waals surface area contributed by atoms with Crippen LogP contribution < -0.4 is 0 Å².